The minimum absolute atomic E-state index is 0.0678. The number of aryl methyl sites for hydroxylation is 1. The smallest absolute Gasteiger partial charge is 0.223 e. The van der Waals surface area contributed by atoms with Gasteiger partial charge in [0.1, 0.15) is 0 Å². The average Bonchev–Trinajstić information content (AvgIpc) is 3.18. The van der Waals surface area contributed by atoms with Gasteiger partial charge < -0.3 is 10.1 Å². The number of hydrogen-bond acceptors (Lipinski definition) is 5. The average molecular weight is 448 g/mol. The summed E-state index contributed by atoms with van der Waals surface area (Å²) in [4.78, 5) is 19.9. The maximum atomic E-state index is 12.9. The number of thiazole rings is 1. The predicted octanol–water partition coefficient (Wildman–Crippen LogP) is 4.18. The molecule has 1 aromatic carbocycles. The molecule has 7 heteroatoms. The lowest BCUT2D eigenvalue weighted by Crippen LogP contribution is -2.47. The summed E-state index contributed by atoms with van der Waals surface area (Å²) < 4.78 is 5.61. The number of nitrogens with one attached hydrogen (secondary N) is 1. The third-order valence-electron chi connectivity index (χ3n) is 6.52. The Morgan fingerprint density at radius 2 is 1.97 bits per heavy atom. The molecular formula is C23H30ClN3O2S. The van der Waals surface area contributed by atoms with Crippen LogP contribution in [0.4, 0.5) is 0 Å². The van der Waals surface area contributed by atoms with E-state index in [4.69, 9.17) is 16.3 Å². The molecule has 1 N–H and O–H groups in total. The lowest BCUT2D eigenvalue weighted by atomic mass is 9.74. The maximum absolute atomic E-state index is 12.9. The number of hydrogen-bond donors (Lipinski definition) is 1. The number of rotatable bonds is 6. The third kappa shape index (κ3) is 5.22. The third-order valence-corrected chi connectivity index (χ3v) is 7.59. The lowest BCUT2D eigenvalue weighted by Gasteiger charge is -2.38. The molecule has 5 nitrogen and oxygen atoms in total. The Balaban J connectivity index is 1.31. The molecule has 2 aliphatic rings. The van der Waals surface area contributed by atoms with Gasteiger partial charge in [-0.3, -0.25) is 9.69 Å². The molecule has 0 saturated carbocycles. The summed E-state index contributed by atoms with van der Waals surface area (Å²) in [5.74, 6) is 0.291. The van der Waals surface area contributed by atoms with Crippen LogP contribution in [-0.2, 0) is 21.5 Å². The van der Waals surface area contributed by atoms with E-state index in [1.54, 1.807) is 11.3 Å². The molecule has 1 aromatic heterocycles. The van der Waals surface area contributed by atoms with Crippen LogP contribution in [0.5, 0.6) is 0 Å². The first-order valence-electron chi connectivity index (χ1n) is 10.8. The molecule has 2 fully saturated rings. The number of carbonyl (C=O) groups is 1. The van der Waals surface area contributed by atoms with Crippen molar-refractivity contribution in [1.29, 1.82) is 0 Å². The van der Waals surface area contributed by atoms with Crippen LogP contribution in [0.25, 0.3) is 0 Å². The van der Waals surface area contributed by atoms with Gasteiger partial charge in [-0.05, 0) is 63.4 Å². The molecule has 2 saturated heterocycles. The molecule has 1 amide bonds. The predicted molar refractivity (Wildman–Crippen MR) is 121 cm³/mol. The quantitative estimate of drug-likeness (QED) is 0.721. The minimum atomic E-state index is -0.0678. The van der Waals surface area contributed by atoms with Crippen LogP contribution >= 0.6 is 22.9 Å². The van der Waals surface area contributed by atoms with Crippen molar-refractivity contribution in [3.8, 4) is 0 Å². The van der Waals surface area contributed by atoms with Gasteiger partial charge in [-0.2, -0.15) is 0 Å². The molecule has 2 aliphatic heterocycles. The first-order valence-corrected chi connectivity index (χ1v) is 12.0. The molecule has 3 heterocycles. The molecule has 162 valence electrons. The van der Waals surface area contributed by atoms with E-state index in [-0.39, 0.29) is 17.2 Å². The molecule has 0 spiro atoms. The fourth-order valence-corrected chi connectivity index (χ4v) is 5.33. The summed E-state index contributed by atoms with van der Waals surface area (Å²) in [5, 5.41) is 7.28. The van der Waals surface area contributed by atoms with Gasteiger partial charge in [0.2, 0.25) is 5.91 Å². The molecule has 2 aromatic rings. The molecule has 0 radical (unpaired) electrons. The fourth-order valence-electron chi connectivity index (χ4n) is 4.60. The van der Waals surface area contributed by atoms with Crippen LogP contribution < -0.4 is 5.32 Å². The Morgan fingerprint density at radius 1 is 1.27 bits per heavy atom. The second-order valence-corrected chi connectivity index (χ2v) is 10.0. The maximum Gasteiger partial charge on any atom is 0.223 e. The van der Waals surface area contributed by atoms with Crippen molar-refractivity contribution in [1.82, 2.24) is 15.2 Å². The molecule has 0 bridgehead atoms. The Morgan fingerprint density at radius 3 is 2.60 bits per heavy atom. The SMILES string of the molecule is Cc1nc(CN2CCC(C(=O)NCC3(c4ccc(Cl)cc4)CCOCC3)CC2)cs1. The fraction of sp³-hybridized carbons (Fsp3) is 0.565. The van der Waals surface area contributed by atoms with Crippen LogP contribution in [0.3, 0.4) is 0 Å². The van der Waals surface area contributed by atoms with Crippen LogP contribution in [0, 0.1) is 12.8 Å². The number of benzene rings is 1. The van der Waals surface area contributed by atoms with Crippen molar-refractivity contribution in [2.75, 3.05) is 32.8 Å². The summed E-state index contributed by atoms with van der Waals surface area (Å²) in [6, 6.07) is 8.07. The summed E-state index contributed by atoms with van der Waals surface area (Å²) in [6.45, 7) is 6.95. The standard InChI is InChI=1S/C23H30ClN3O2S/c1-17-26-21(15-30-17)14-27-10-6-18(7-11-27)22(28)25-16-23(8-12-29-13-9-23)19-2-4-20(24)5-3-19/h2-5,15,18H,6-14,16H2,1H3,(H,25,28). The van der Waals surface area contributed by atoms with Crippen LogP contribution in [-0.4, -0.2) is 48.6 Å². The Bertz CT molecular complexity index is 840. The van der Waals surface area contributed by atoms with E-state index >= 15 is 0 Å². The van der Waals surface area contributed by atoms with Crippen LogP contribution in [0.1, 0.15) is 41.9 Å². The van der Waals surface area contributed by atoms with Crippen molar-refractivity contribution in [2.45, 2.75) is 44.6 Å². The van der Waals surface area contributed by atoms with E-state index in [9.17, 15) is 4.79 Å². The molecule has 0 aliphatic carbocycles. The van der Waals surface area contributed by atoms with E-state index in [2.05, 4.69) is 32.7 Å². The molecular weight excluding hydrogens is 418 g/mol. The summed E-state index contributed by atoms with van der Waals surface area (Å²) >= 11 is 7.79. The van der Waals surface area contributed by atoms with Crippen LogP contribution in [0.2, 0.25) is 5.02 Å². The highest BCUT2D eigenvalue weighted by atomic mass is 35.5. The first-order chi connectivity index (χ1) is 14.5. The van der Waals surface area contributed by atoms with Gasteiger partial charge in [0.15, 0.2) is 0 Å². The Kier molecular flexibility index (Phi) is 7.08. The van der Waals surface area contributed by atoms with Crippen molar-refractivity contribution < 1.29 is 9.53 Å². The van der Waals surface area contributed by atoms with Gasteiger partial charge >= 0.3 is 0 Å². The number of piperidine rings is 1. The number of ether oxygens (including phenoxy) is 1. The van der Waals surface area contributed by atoms with Crippen molar-refractivity contribution in [2.24, 2.45) is 5.92 Å². The molecule has 30 heavy (non-hydrogen) atoms. The van der Waals surface area contributed by atoms with E-state index in [0.717, 1.165) is 74.3 Å². The van der Waals surface area contributed by atoms with Gasteiger partial charge in [0, 0.05) is 48.0 Å². The van der Waals surface area contributed by atoms with E-state index in [1.165, 1.54) is 5.56 Å². The lowest BCUT2D eigenvalue weighted by molar-refractivity contribution is -0.127. The largest absolute Gasteiger partial charge is 0.381 e. The van der Waals surface area contributed by atoms with Crippen molar-refractivity contribution >= 4 is 28.8 Å². The van der Waals surface area contributed by atoms with Crippen molar-refractivity contribution in [3.05, 3.63) is 50.9 Å². The zero-order valence-electron chi connectivity index (χ0n) is 17.5. The van der Waals surface area contributed by atoms with Gasteiger partial charge in [0.05, 0.1) is 10.7 Å². The molecule has 4 rings (SSSR count). The Labute approximate surface area is 187 Å². The van der Waals surface area contributed by atoms with Crippen molar-refractivity contribution in [3.63, 3.8) is 0 Å². The topological polar surface area (TPSA) is 54.5 Å². The molecule has 0 atom stereocenters. The van der Waals surface area contributed by atoms with E-state index in [0.29, 0.717) is 6.54 Å². The summed E-state index contributed by atoms with van der Waals surface area (Å²) in [7, 11) is 0. The second-order valence-electron chi connectivity index (χ2n) is 8.53. The highest BCUT2D eigenvalue weighted by Crippen LogP contribution is 2.35. The van der Waals surface area contributed by atoms with Gasteiger partial charge in [-0.25, -0.2) is 4.98 Å². The zero-order chi connectivity index (χ0) is 21.0. The normalized spacial score (nSPS) is 20.2. The zero-order valence-corrected chi connectivity index (χ0v) is 19.1. The molecule has 0 unspecified atom stereocenters. The highest BCUT2D eigenvalue weighted by Gasteiger charge is 2.36. The Hall–Kier alpha value is -1.47. The summed E-state index contributed by atoms with van der Waals surface area (Å²) in [6.07, 6.45) is 3.65. The highest BCUT2D eigenvalue weighted by molar-refractivity contribution is 7.09. The number of likely N-dealkylation sites (tertiary alicyclic amines) is 1. The monoisotopic (exact) mass is 447 g/mol. The van der Waals surface area contributed by atoms with E-state index in [1.807, 2.05) is 19.1 Å². The van der Waals surface area contributed by atoms with E-state index < -0.39 is 0 Å². The number of carbonyl (C=O) groups excluding carboxylic acids is 1. The first kappa shape index (κ1) is 21.8. The van der Waals surface area contributed by atoms with Gasteiger partial charge in [-0.15, -0.1) is 11.3 Å². The number of halogens is 1. The second kappa shape index (κ2) is 9.77. The summed E-state index contributed by atoms with van der Waals surface area (Å²) in [5.41, 5.74) is 2.32. The van der Waals surface area contributed by atoms with Gasteiger partial charge in [0.25, 0.3) is 0 Å². The number of amides is 1. The minimum Gasteiger partial charge on any atom is -0.381 e. The number of nitrogens with zero attached hydrogens (tertiary/aromatic N) is 2. The van der Waals surface area contributed by atoms with Gasteiger partial charge in [-0.1, -0.05) is 23.7 Å². The van der Waals surface area contributed by atoms with Crippen LogP contribution in [0.15, 0.2) is 29.6 Å². The number of aromatic nitrogens is 1.